The molecule has 0 N–H and O–H groups in total. The van der Waals surface area contributed by atoms with E-state index in [0.29, 0.717) is 54.9 Å². The summed E-state index contributed by atoms with van der Waals surface area (Å²) in [7, 11) is 3.78. The second kappa shape index (κ2) is 12.6. The van der Waals surface area contributed by atoms with E-state index in [2.05, 4.69) is 10.2 Å². The van der Waals surface area contributed by atoms with Crippen molar-refractivity contribution in [3.05, 3.63) is 45.7 Å². The molecular weight excluding hydrogens is 538 g/mol. The molecule has 2 aliphatic carbocycles. The van der Waals surface area contributed by atoms with E-state index in [0.717, 1.165) is 17.6 Å². The van der Waals surface area contributed by atoms with E-state index in [1.165, 1.54) is 0 Å². The molecule has 0 aromatic carbocycles. The Hall–Kier alpha value is -3.76. The lowest BCUT2D eigenvalue weighted by Gasteiger charge is -2.24. The van der Waals surface area contributed by atoms with Crippen LogP contribution in [0.1, 0.15) is 128 Å². The van der Waals surface area contributed by atoms with Crippen LogP contribution in [0.2, 0.25) is 0 Å². The highest BCUT2D eigenvalue weighted by Gasteiger charge is 2.36. The number of carbonyl (C=O) groups is 4. The van der Waals surface area contributed by atoms with Gasteiger partial charge in [0.15, 0.2) is 17.2 Å². The molecule has 0 radical (unpaired) electrons. The molecule has 230 valence electrons. The van der Waals surface area contributed by atoms with Gasteiger partial charge in [-0.2, -0.15) is 10.2 Å². The van der Waals surface area contributed by atoms with Crippen molar-refractivity contribution in [2.75, 3.05) is 27.3 Å². The van der Waals surface area contributed by atoms with Crippen LogP contribution in [0.5, 0.6) is 0 Å². The lowest BCUT2D eigenvalue weighted by atomic mass is 9.90. The Bertz CT molecular complexity index is 1400. The van der Waals surface area contributed by atoms with E-state index in [1.807, 2.05) is 66.7 Å². The Kier molecular flexibility index (Phi) is 9.85. The van der Waals surface area contributed by atoms with Crippen LogP contribution >= 0.6 is 0 Å². The highest BCUT2D eigenvalue weighted by molar-refractivity contribution is 6.11. The number of fused-ring (bicyclic) bond motifs is 2. The Balaban J connectivity index is 0.000000235. The predicted molar refractivity (Wildman–Crippen MR) is 158 cm³/mol. The first-order valence-electron chi connectivity index (χ1n) is 14.6. The van der Waals surface area contributed by atoms with E-state index in [1.54, 1.807) is 23.2 Å². The summed E-state index contributed by atoms with van der Waals surface area (Å²) < 4.78 is 13.5. The second-order valence-corrected chi connectivity index (χ2v) is 12.7. The van der Waals surface area contributed by atoms with Gasteiger partial charge in [-0.05, 0) is 81.1 Å². The summed E-state index contributed by atoms with van der Waals surface area (Å²) in [5.41, 5.74) is 3.15. The zero-order valence-electron chi connectivity index (χ0n) is 26.7. The molecule has 2 heterocycles. The number of rotatable bonds is 5. The Labute approximate surface area is 248 Å². The number of carbonyl (C=O) groups excluding carboxylic acids is 4. The zero-order chi connectivity index (χ0) is 31.6. The summed E-state index contributed by atoms with van der Waals surface area (Å²) in [6, 6.07) is 0. The fourth-order valence-corrected chi connectivity index (χ4v) is 5.10. The molecule has 2 aliphatic rings. The van der Waals surface area contributed by atoms with Gasteiger partial charge in [-0.25, -0.2) is 9.59 Å². The molecule has 4 rings (SSSR count). The van der Waals surface area contributed by atoms with Crippen LogP contribution in [0, 0.1) is 0 Å². The van der Waals surface area contributed by atoms with Gasteiger partial charge >= 0.3 is 11.9 Å². The van der Waals surface area contributed by atoms with Gasteiger partial charge in [-0.15, -0.1) is 0 Å². The summed E-state index contributed by atoms with van der Waals surface area (Å²) in [6.07, 6.45) is 5.07. The maximum Gasteiger partial charge on any atom is 0.359 e. The molecule has 0 unspecified atom stereocenters. The van der Waals surface area contributed by atoms with E-state index >= 15 is 0 Å². The number of ketones is 2. The molecule has 0 amide bonds. The number of hydrogen-bond donors (Lipinski definition) is 0. The van der Waals surface area contributed by atoms with Gasteiger partial charge in [-0.1, -0.05) is 0 Å². The van der Waals surface area contributed by atoms with Crippen LogP contribution in [0.4, 0.5) is 0 Å². The number of allylic oxidation sites excluding steroid dienone is 1. The average Bonchev–Trinajstić information content (AvgIpc) is 3.47. The third kappa shape index (κ3) is 6.82. The second-order valence-electron chi connectivity index (χ2n) is 12.7. The van der Waals surface area contributed by atoms with Crippen molar-refractivity contribution in [2.24, 2.45) is 0 Å². The average molecular weight is 584 g/mol. The number of aromatic nitrogens is 4. The number of esters is 2. The fourth-order valence-electron chi connectivity index (χ4n) is 5.10. The first-order chi connectivity index (χ1) is 19.5. The van der Waals surface area contributed by atoms with Crippen LogP contribution in [-0.4, -0.2) is 75.3 Å². The molecule has 0 saturated heterocycles. The molecule has 0 saturated carbocycles. The van der Waals surface area contributed by atoms with E-state index in [-0.39, 0.29) is 29.4 Å². The van der Waals surface area contributed by atoms with Crippen molar-refractivity contribution < 1.29 is 28.7 Å². The fraction of sp³-hybridized carbons (Fsp3) is 0.613. The number of hydrogen-bond acceptors (Lipinski definition) is 9. The third-order valence-corrected chi connectivity index (χ3v) is 6.84. The maximum absolute atomic E-state index is 12.9. The minimum absolute atomic E-state index is 0.0575. The molecular formula is C31H45N5O6. The largest absolute Gasteiger partial charge is 0.461 e. The lowest BCUT2D eigenvalue weighted by molar-refractivity contribution is 0.0506. The summed E-state index contributed by atoms with van der Waals surface area (Å²) >= 11 is 0. The summed E-state index contributed by atoms with van der Waals surface area (Å²) in [6.45, 7) is 15.9. The minimum atomic E-state index is -0.459. The van der Waals surface area contributed by atoms with Gasteiger partial charge < -0.3 is 14.4 Å². The first-order valence-corrected chi connectivity index (χ1v) is 14.6. The van der Waals surface area contributed by atoms with E-state index in [4.69, 9.17) is 9.47 Å². The van der Waals surface area contributed by atoms with Crippen LogP contribution in [0.15, 0.2) is 11.8 Å². The third-order valence-electron chi connectivity index (χ3n) is 6.84. The van der Waals surface area contributed by atoms with Crippen LogP contribution in [0.25, 0.3) is 0 Å². The predicted octanol–water partition coefficient (Wildman–Crippen LogP) is 4.72. The van der Waals surface area contributed by atoms with Crippen molar-refractivity contribution in [3.63, 3.8) is 0 Å². The van der Waals surface area contributed by atoms with Crippen molar-refractivity contribution in [2.45, 2.75) is 98.6 Å². The van der Waals surface area contributed by atoms with Gasteiger partial charge in [0.2, 0.25) is 5.78 Å². The van der Waals surface area contributed by atoms with E-state index in [9.17, 15) is 19.2 Å². The standard InChI is InChI=1S/C17H25N3O3.C14H20N2O3/c1-7-23-16(22)13-12-9-8-11(10-19(5)6)15(21)14(12)20(18-13)17(2,3)4;1-5-19-13(18)11-9-7-6-8-10(17)12(9)16(15-11)14(2,3)4/h10H,7-9H2,1-6H3;5-8H2,1-4H3/b11-10+;. The number of nitrogens with zero attached hydrogens (tertiary/aromatic N) is 5. The molecule has 0 atom stereocenters. The molecule has 42 heavy (non-hydrogen) atoms. The monoisotopic (exact) mass is 583 g/mol. The Morgan fingerprint density at radius 3 is 1.71 bits per heavy atom. The molecule has 11 nitrogen and oxygen atoms in total. The van der Waals surface area contributed by atoms with Crippen LogP contribution < -0.4 is 0 Å². The Morgan fingerprint density at radius 2 is 1.26 bits per heavy atom. The van der Waals surface area contributed by atoms with Gasteiger partial charge in [-0.3, -0.25) is 19.0 Å². The lowest BCUT2D eigenvalue weighted by Crippen LogP contribution is -2.29. The number of ether oxygens (including phenoxy) is 2. The topological polar surface area (TPSA) is 126 Å². The van der Waals surface area contributed by atoms with Crippen molar-refractivity contribution >= 4 is 23.5 Å². The minimum Gasteiger partial charge on any atom is -0.461 e. The van der Waals surface area contributed by atoms with Crippen molar-refractivity contribution in [3.8, 4) is 0 Å². The SMILES string of the molecule is CCOC(=O)c1nn(C(C)(C)C)c2c1CC/C(=C\N(C)C)C2=O.CCOC(=O)c1nn(C(C)(C)C)c2c1CCCC2=O. The molecule has 0 spiro atoms. The summed E-state index contributed by atoms with van der Waals surface area (Å²) in [4.78, 5) is 51.0. The first kappa shape index (κ1) is 32.8. The molecule has 2 aromatic rings. The maximum atomic E-state index is 12.9. The van der Waals surface area contributed by atoms with Gasteiger partial charge in [0.1, 0.15) is 11.4 Å². The van der Waals surface area contributed by atoms with Crippen LogP contribution in [0.3, 0.4) is 0 Å². The summed E-state index contributed by atoms with van der Waals surface area (Å²) in [5, 5.41) is 8.78. The normalized spacial score (nSPS) is 15.9. The quantitative estimate of drug-likeness (QED) is 0.363. The highest BCUT2D eigenvalue weighted by Crippen LogP contribution is 2.32. The zero-order valence-corrected chi connectivity index (χ0v) is 26.7. The molecule has 2 aromatic heterocycles. The highest BCUT2D eigenvalue weighted by atomic mass is 16.5. The smallest absolute Gasteiger partial charge is 0.359 e. The molecule has 0 bridgehead atoms. The van der Waals surface area contributed by atoms with Crippen LogP contribution in [-0.2, 0) is 33.4 Å². The van der Waals surface area contributed by atoms with Gasteiger partial charge in [0.25, 0.3) is 0 Å². The molecule has 0 fully saturated rings. The molecule has 0 aliphatic heterocycles. The summed E-state index contributed by atoms with van der Waals surface area (Å²) in [5.74, 6) is -0.881. The Morgan fingerprint density at radius 1 is 0.786 bits per heavy atom. The van der Waals surface area contributed by atoms with Gasteiger partial charge in [0, 0.05) is 43.4 Å². The van der Waals surface area contributed by atoms with Crippen molar-refractivity contribution in [1.29, 1.82) is 0 Å². The number of Topliss-reactive ketones (excluding diaryl/α,β-unsaturated/α-hetero) is 2. The van der Waals surface area contributed by atoms with E-state index < -0.39 is 17.5 Å². The molecule has 11 heteroatoms. The van der Waals surface area contributed by atoms with Crippen molar-refractivity contribution in [1.82, 2.24) is 24.5 Å². The van der Waals surface area contributed by atoms with Gasteiger partial charge in [0.05, 0.1) is 24.3 Å².